The van der Waals surface area contributed by atoms with E-state index in [0.29, 0.717) is 0 Å². The standard InChI is InChI=1S/C51H33NO3/c1-51(2)40-20-9-6-15-34(40)35-24-23-32(29-41(35)51)52(31-13-4-3-5-14-31)42-28-30(33-18-12-19-37-36-16-7-10-21-43(36)54-49(33)37)27-39-48-46(55-50(39)42)26-25-45-47(48)38-17-8-11-22-44(38)53-45/h3-29H,1-2H3. The summed E-state index contributed by atoms with van der Waals surface area (Å²) in [5.41, 5.74) is 15.2. The average molecular weight is 708 g/mol. The zero-order valence-corrected chi connectivity index (χ0v) is 30.3. The van der Waals surface area contributed by atoms with Crippen molar-refractivity contribution in [3.63, 3.8) is 0 Å². The number of hydrogen-bond donors (Lipinski definition) is 0. The fourth-order valence-corrected chi connectivity index (χ4v) is 9.30. The predicted octanol–water partition coefficient (Wildman–Crippen LogP) is 14.8. The highest BCUT2D eigenvalue weighted by atomic mass is 16.3. The predicted molar refractivity (Wildman–Crippen MR) is 226 cm³/mol. The zero-order valence-electron chi connectivity index (χ0n) is 30.3. The number of benzene rings is 8. The maximum atomic E-state index is 7.04. The molecule has 3 heterocycles. The number of nitrogens with zero attached hydrogens (tertiary/aromatic N) is 1. The van der Waals surface area contributed by atoms with Gasteiger partial charge in [-0.1, -0.05) is 117 Å². The van der Waals surface area contributed by atoms with Crippen LogP contribution in [-0.4, -0.2) is 0 Å². The molecule has 1 aliphatic carbocycles. The number of furan rings is 3. The SMILES string of the molecule is CC1(C)c2ccccc2-c2ccc(N(c3ccccc3)c3cc(-c4cccc5c4oc4ccccc45)cc4c3oc3ccc5oc6ccccc6c5c34)cc21. The number of anilines is 3. The molecule has 0 N–H and O–H groups in total. The van der Waals surface area contributed by atoms with Crippen LogP contribution in [0.3, 0.4) is 0 Å². The molecule has 11 aromatic rings. The molecule has 0 atom stereocenters. The summed E-state index contributed by atoms with van der Waals surface area (Å²) in [6.07, 6.45) is 0. The third kappa shape index (κ3) is 4.22. The van der Waals surface area contributed by atoms with Gasteiger partial charge >= 0.3 is 0 Å². The highest BCUT2D eigenvalue weighted by molar-refractivity contribution is 6.27. The molecule has 0 saturated heterocycles. The average Bonchev–Trinajstić information content (AvgIpc) is 3.96. The van der Waals surface area contributed by atoms with Crippen LogP contribution in [0.1, 0.15) is 25.0 Å². The van der Waals surface area contributed by atoms with Crippen molar-refractivity contribution in [3.05, 3.63) is 175 Å². The molecule has 8 aromatic carbocycles. The first-order chi connectivity index (χ1) is 27.0. The van der Waals surface area contributed by atoms with Gasteiger partial charge in [0.2, 0.25) is 0 Å². The van der Waals surface area contributed by atoms with Crippen molar-refractivity contribution in [2.24, 2.45) is 0 Å². The molecule has 0 spiro atoms. The Bertz CT molecular complexity index is 3360. The van der Waals surface area contributed by atoms with Crippen LogP contribution in [0, 0.1) is 0 Å². The van der Waals surface area contributed by atoms with Gasteiger partial charge in [-0.2, -0.15) is 0 Å². The molecule has 0 fully saturated rings. The molecule has 4 heteroatoms. The van der Waals surface area contributed by atoms with E-state index in [4.69, 9.17) is 13.3 Å². The minimum Gasteiger partial charge on any atom is -0.456 e. The Hall–Kier alpha value is -7.04. The molecule has 260 valence electrons. The van der Waals surface area contributed by atoms with Crippen LogP contribution in [0.5, 0.6) is 0 Å². The lowest BCUT2D eigenvalue weighted by atomic mass is 9.82. The van der Waals surface area contributed by atoms with Gasteiger partial charge in [0.25, 0.3) is 0 Å². The maximum Gasteiger partial charge on any atom is 0.159 e. The largest absolute Gasteiger partial charge is 0.456 e. The van der Waals surface area contributed by atoms with Gasteiger partial charge in [0, 0.05) is 54.7 Å². The minimum absolute atomic E-state index is 0.161. The zero-order chi connectivity index (χ0) is 36.4. The molecule has 0 aliphatic heterocycles. The van der Waals surface area contributed by atoms with E-state index in [1.807, 2.05) is 36.4 Å². The van der Waals surface area contributed by atoms with Gasteiger partial charge in [0.05, 0.1) is 5.69 Å². The number of rotatable bonds is 4. The van der Waals surface area contributed by atoms with Gasteiger partial charge in [-0.15, -0.1) is 0 Å². The summed E-state index contributed by atoms with van der Waals surface area (Å²) in [5, 5.41) is 6.38. The van der Waals surface area contributed by atoms with Crippen molar-refractivity contribution < 1.29 is 13.3 Å². The molecule has 55 heavy (non-hydrogen) atoms. The maximum absolute atomic E-state index is 7.04. The molecule has 0 radical (unpaired) electrons. The second kappa shape index (κ2) is 11.0. The summed E-state index contributed by atoms with van der Waals surface area (Å²) in [7, 11) is 0. The molecule has 3 aromatic heterocycles. The second-order valence-corrected chi connectivity index (χ2v) is 15.2. The van der Waals surface area contributed by atoms with Crippen LogP contribution in [0.25, 0.3) is 88.1 Å². The lowest BCUT2D eigenvalue weighted by Crippen LogP contribution is -2.16. The van der Waals surface area contributed by atoms with Crippen molar-refractivity contribution in [3.8, 4) is 22.3 Å². The highest BCUT2D eigenvalue weighted by Crippen LogP contribution is 2.52. The van der Waals surface area contributed by atoms with E-state index in [2.05, 4.69) is 146 Å². The van der Waals surface area contributed by atoms with Crippen molar-refractivity contribution in [1.29, 1.82) is 0 Å². The first-order valence-electron chi connectivity index (χ1n) is 18.8. The molecule has 12 rings (SSSR count). The Kier molecular flexibility index (Phi) is 6.09. The van der Waals surface area contributed by atoms with Crippen LogP contribution in [0.15, 0.2) is 177 Å². The molecule has 1 aliphatic rings. The fourth-order valence-electron chi connectivity index (χ4n) is 9.30. The van der Waals surface area contributed by atoms with Crippen molar-refractivity contribution in [2.45, 2.75) is 19.3 Å². The van der Waals surface area contributed by atoms with E-state index in [-0.39, 0.29) is 5.41 Å². The highest BCUT2D eigenvalue weighted by Gasteiger charge is 2.36. The smallest absolute Gasteiger partial charge is 0.159 e. The van der Waals surface area contributed by atoms with Gasteiger partial charge in [-0.25, -0.2) is 0 Å². The molecular weight excluding hydrogens is 675 g/mol. The molecule has 0 saturated carbocycles. The van der Waals surface area contributed by atoms with E-state index >= 15 is 0 Å². The lowest BCUT2D eigenvalue weighted by molar-refractivity contribution is 0.660. The number of para-hydroxylation sites is 4. The van der Waals surface area contributed by atoms with Gasteiger partial charge in [-0.3, -0.25) is 0 Å². The third-order valence-electron chi connectivity index (χ3n) is 11.9. The van der Waals surface area contributed by atoms with Gasteiger partial charge in [-0.05, 0) is 88.5 Å². The summed E-state index contributed by atoms with van der Waals surface area (Å²) in [6.45, 7) is 4.67. The number of hydrogen-bond acceptors (Lipinski definition) is 4. The van der Waals surface area contributed by atoms with Gasteiger partial charge in [0.1, 0.15) is 27.9 Å². The van der Waals surface area contributed by atoms with Crippen LogP contribution >= 0.6 is 0 Å². The summed E-state index contributed by atoms with van der Waals surface area (Å²) < 4.78 is 20.1. The van der Waals surface area contributed by atoms with E-state index < -0.39 is 0 Å². The van der Waals surface area contributed by atoms with Crippen LogP contribution in [0.4, 0.5) is 17.1 Å². The number of fused-ring (bicyclic) bond motifs is 13. The Labute approximate surface area is 316 Å². The van der Waals surface area contributed by atoms with Crippen LogP contribution < -0.4 is 4.90 Å². The molecular formula is C51H33NO3. The molecule has 4 nitrogen and oxygen atoms in total. The summed E-state index contributed by atoms with van der Waals surface area (Å²) >= 11 is 0. The lowest BCUT2D eigenvalue weighted by Gasteiger charge is -2.28. The Morgan fingerprint density at radius 3 is 1.89 bits per heavy atom. The summed E-state index contributed by atoms with van der Waals surface area (Å²) in [5.74, 6) is 0. The van der Waals surface area contributed by atoms with E-state index in [1.165, 1.54) is 22.3 Å². The van der Waals surface area contributed by atoms with Crippen LogP contribution in [-0.2, 0) is 5.41 Å². The normalized spacial score (nSPS) is 13.4. The molecule has 0 amide bonds. The van der Waals surface area contributed by atoms with E-state index in [0.717, 1.165) is 94.0 Å². The van der Waals surface area contributed by atoms with Gasteiger partial charge < -0.3 is 18.2 Å². The second-order valence-electron chi connectivity index (χ2n) is 15.2. The Balaban J connectivity index is 1.20. The van der Waals surface area contributed by atoms with Crippen molar-refractivity contribution in [2.75, 3.05) is 4.90 Å². The van der Waals surface area contributed by atoms with Gasteiger partial charge in [0.15, 0.2) is 5.58 Å². The monoisotopic (exact) mass is 707 g/mol. The Morgan fingerprint density at radius 2 is 1.04 bits per heavy atom. The summed E-state index contributed by atoms with van der Waals surface area (Å²) in [6, 6.07) is 58.0. The van der Waals surface area contributed by atoms with Crippen LogP contribution in [0.2, 0.25) is 0 Å². The molecule has 0 bridgehead atoms. The minimum atomic E-state index is -0.161. The van der Waals surface area contributed by atoms with Crippen molar-refractivity contribution in [1.82, 2.24) is 0 Å². The quantitative estimate of drug-likeness (QED) is 0.183. The van der Waals surface area contributed by atoms with E-state index in [9.17, 15) is 0 Å². The molecule has 0 unspecified atom stereocenters. The third-order valence-corrected chi connectivity index (χ3v) is 11.9. The summed E-state index contributed by atoms with van der Waals surface area (Å²) in [4.78, 5) is 2.36. The fraction of sp³-hybridized carbons (Fsp3) is 0.0588. The van der Waals surface area contributed by atoms with Crippen molar-refractivity contribution >= 4 is 82.9 Å². The Morgan fingerprint density at radius 1 is 0.400 bits per heavy atom. The van der Waals surface area contributed by atoms with E-state index in [1.54, 1.807) is 0 Å². The first kappa shape index (κ1) is 30.4. The topological polar surface area (TPSA) is 42.7 Å². The first-order valence-corrected chi connectivity index (χ1v) is 18.8.